The third kappa shape index (κ3) is 4.42. The van der Waals surface area contributed by atoms with Crippen molar-refractivity contribution >= 4 is 39.0 Å². The van der Waals surface area contributed by atoms with Gasteiger partial charge in [-0.3, -0.25) is 4.90 Å². The molecule has 0 saturated carbocycles. The number of anilines is 3. The number of benzene rings is 2. The van der Waals surface area contributed by atoms with Gasteiger partial charge in [-0.25, -0.2) is 9.97 Å². The summed E-state index contributed by atoms with van der Waals surface area (Å²) in [7, 11) is 0. The Morgan fingerprint density at radius 3 is 2.71 bits per heavy atom. The van der Waals surface area contributed by atoms with Gasteiger partial charge in [-0.2, -0.15) is 4.98 Å². The first-order valence-electron chi connectivity index (χ1n) is 10.5. The predicted molar refractivity (Wildman–Crippen MR) is 129 cm³/mol. The highest BCUT2D eigenvalue weighted by Crippen LogP contribution is 2.33. The molecule has 4 aromatic rings. The Morgan fingerprint density at radius 1 is 1.00 bits per heavy atom. The van der Waals surface area contributed by atoms with E-state index in [4.69, 9.17) is 10.7 Å². The number of rotatable bonds is 7. The molecule has 0 fully saturated rings. The summed E-state index contributed by atoms with van der Waals surface area (Å²) < 4.78 is 1.19. The largest absolute Gasteiger partial charge is 0.384 e. The van der Waals surface area contributed by atoms with Crippen LogP contribution in [0.2, 0.25) is 0 Å². The van der Waals surface area contributed by atoms with Crippen molar-refractivity contribution in [3.8, 4) is 10.6 Å². The summed E-state index contributed by atoms with van der Waals surface area (Å²) in [6, 6.07) is 18.4. The molecule has 0 unspecified atom stereocenters. The van der Waals surface area contributed by atoms with Gasteiger partial charge in [0.1, 0.15) is 10.8 Å². The number of nitrogens with two attached hydrogens (primary N) is 1. The first-order chi connectivity index (χ1) is 15.3. The average molecular weight is 429 g/mol. The van der Waals surface area contributed by atoms with E-state index in [1.807, 2.05) is 6.07 Å². The summed E-state index contributed by atoms with van der Waals surface area (Å²) in [5.74, 6) is 1.10. The fourth-order valence-corrected chi connectivity index (χ4v) is 4.76. The van der Waals surface area contributed by atoms with Gasteiger partial charge in [0.2, 0.25) is 5.95 Å². The summed E-state index contributed by atoms with van der Waals surface area (Å²) in [5.41, 5.74) is 9.13. The van der Waals surface area contributed by atoms with Crippen LogP contribution in [0.4, 0.5) is 17.5 Å². The van der Waals surface area contributed by atoms with E-state index >= 15 is 0 Å². The minimum atomic E-state index is 0.473. The molecule has 0 aliphatic carbocycles. The molecule has 31 heavy (non-hydrogen) atoms. The molecule has 0 radical (unpaired) electrons. The highest BCUT2D eigenvalue weighted by Gasteiger charge is 2.16. The van der Waals surface area contributed by atoms with Crippen LogP contribution in [0.15, 0.2) is 72.9 Å². The Labute approximate surface area is 185 Å². The van der Waals surface area contributed by atoms with Crippen molar-refractivity contribution in [2.75, 3.05) is 36.8 Å². The van der Waals surface area contributed by atoms with Gasteiger partial charge < -0.3 is 10.6 Å². The van der Waals surface area contributed by atoms with Crippen LogP contribution in [-0.2, 0) is 0 Å². The van der Waals surface area contributed by atoms with Gasteiger partial charge in [0.25, 0.3) is 0 Å². The van der Waals surface area contributed by atoms with Crippen LogP contribution in [0, 0.1) is 0 Å². The van der Waals surface area contributed by atoms with Gasteiger partial charge in [-0.05, 0) is 36.8 Å². The molecule has 2 aromatic heterocycles. The second-order valence-corrected chi connectivity index (χ2v) is 8.59. The van der Waals surface area contributed by atoms with Crippen LogP contribution >= 0.6 is 11.3 Å². The zero-order valence-electron chi connectivity index (χ0n) is 17.2. The van der Waals surface area contributed by atoms with Crippen LogP contribution in [0.5, 0.6) is 0 Å². The van der Waals surface area contributed by atoms with Crippen molar-refractivity contribution in [3.63, 3.8) is 0 Å². The summed E-state index contributed by atoms with van der Waals surface area (Å²) in [6.07, 6.45) is 7.16. The number of nitrogens with zero attached hydrogens (tertiary/aromatic N) is 5. The van der Waals surface area contributed by atoms with Gasteiger partial charge in [0.15, 0.2) is 0 Å². The van der Waals surface area contributed by atoms with Crippen molar-refractivity contribution in [1.82, 2.24) is 19.9 Å². The average Bonchev–Trinajstić information content (AvgIpc) is 3.46. The van der Waals surface area contributed by atoms with E-state index in [9.17, 15) is 0 Å². The molecular formula is C24H24N6S. The molecule has 7 heteroatoms. The zero-order chi connectivity index (χ0) is 21.0. The number of hydrogen-bond acceptors (Lipinski definition) is 7. The maximum absolute atomic E-state index is 5.96. The topological polar surface area (TPSA) is 71.2 Å². The SMILES string of the molecule is Nc1ccnc(N(CCCN2CC=CC2)c2cccc(-c3nc4ccccc4s3)c2)n1. The molecule has 0 atom stereocenters. The van der Waals surface area contributed by atoms with E-state index in [2.05, 4.69) is 74.4 Å². The molecule has 156 valence electrons. The Bertz CT molecular complexity index is 1180. The molecule has 0 saturated heterocycles. The van der Waals surface area contributed by atoms with Crippen LogP contribution in [-0.4, -0.2) is 46.0 Å². The van der Waals surface area contributed by atoms with Gasteiger partial charge in [0.05, 0.1) is 10.2 Å². The molecule has 6 nitrogen and oxygen atoms in total. The Balaban J connectivity index is 1.44. The quantitative estimate of drug-likeness (QED) is 0.429. The summed E-state index contributed by atoms with van der Waals surface area (Å²) >= 11 is 1.71. The monoisotopic (exact) mass is 428 g/mol. The van der Waals surface area contributed by atoms with Crippen molar-refractivity contribution in [2.45, 2.75) is 6.42 Å². The third-order valence-electron chi connectivity index (χ3n) is 5.35. The minimum Gasteiger partial charge on any atom is -0.384 e. The maximum Gasteiger partial charge on any atom is 0.231 e. The van der Waals surface area contributed by atoms with E-state index in [1.54, 1.807) is 23.6 Å². The van der Waals surface area contributed by atoms with Crippen molar-refractivity contribution in [3.05, 3.63) is 72.9 Å². The molecule has 0 bridgehead atoms. The van der Waals surface area contributed by atoms with E-state index in [0.29, 0.717) is 11.8 Å². The molecule has 1 aliphatic rings. The van der Waals surface area contributed by atoms with Crippen LogP contribution in [0.1, 0.15) is 6.42 Å². The third-order valence-corrected chi connectivity index (χ3v) is 6.44. The molecule has 1 aliphatic heterocycles. The van der Waals surface area contributed by atoms with Gasteiger partial charge in [0, 0.05) is 43.6 Å². The number of thiazole rings is 1. The summed E-state index contributed by atoms with van der Waals surface area (Å²) in [5, 5.41) is 1.01. The zero-order valence-corrected chi connectivity index (χ0v) is 18.0. The highest BCUT2D eigenvalue weighted by atomic mass is 32.1. The number of hydrogen-bond donors (Lipinski definition) is 1. The first-order valence-corrected chi connectivity index (χ1v) is 11.3. The van der Waals surface area contributed by atoms with Crippen molar-refractivity contribution in [2.24, 2.45) is 0 Å². The van der Waals surface area contributed by atoms with E-state index in [-0.39, 0.29) is 0 Å². The van der Waals surface area contributed by atoms with E-state index in [1.165, 1.54) is 4.70 Å². The summed E-state index contributed by atoms with van der Waals surface area (Å²) in [6.45, 7) is 3.90. The molecule has 0 amide bonds. The lowest BCUT2D eigenvalue weighted by Gasteiger charge is -2.24. The Kier molecular flexibility index (Phi) is 5.60. The Hall–Kier alpha value is -3.29. The molecule has 5 rings (SSSR count). The lowest BCUT2D eigenvalue weighted by atomic mass is 10.2. The number of fused-ring (bicyclic) bond motifs is 1. The molecule has 3 heterocycles. The lowest BCUT2D eigenvalue weighted by molar-refractivity contribution is 0.349. The fourth-order valence-electron chi connectivity index (χ4n) is 3.80. The molecule has 2 N–H and O–H groups in total. The fraction of sp³-hybridized carbons (Fsp3) is 0.208. The van der Waals surface area contributed by atoms with E-state index in [0.717, 1.165) is 54.4 Å². The number of aromatic nitrogens is 3. The number of para-hydroxylation sites is 1. The van der Waals surface area contributed by atoms with Crippen LogP contribution < -0.4 is 10.6 Å². The van der Waals surface area contributed by atoms with Gasteiger partial charge in [-0.1, -0.05) is 36.4 Å². The smallest absolute Gasteiger partial charge is 0.231 e. The molecule has 2 aromatic carbocycles. The second-order valence-electron chi connectivity index (χ2n) is 7.55. The lowest BCUT2D eigenvalue weighted by Crippen LogP contribution is -2.27. The molecular weight excluding hydrogens is 404 g/mol. The van der Waals surface area contributed by atoms with Crippen LogP contribution in [0.3, 0.4) is 0 Å². The molecule has 0 spiro atoms. The van der Waals surface area contributed by atoms with Crippen LogP contribution in [0.25, 0.3) is 20.8 Å². The van der Waals surface area contributed by atoms with Gasteiger partial charge in [-0.15, -0.1) is 11.3 Å². The number of nitrogen functional groups attached to an aromatic ring is 1. The minimum absolute atomic E-state index is 0.473. The normalized spacial score (nSPS) is 13.8. The predicted octanol–water partition coefficient (Wildman–Crippen LogP) is 4.74. The van der Waals surface area contributed by atoms with Crippen molar-refractivity contribution in [1.29, 1.82) is 0 Å². The Morgan fingerprint density at radius 2 is 1.87 bits per heavy atom. The van der Waals surface area contributed by atoms with Gasteiger partial charge >= 0.3 is 0 Å². The second kappa shape index (κ2) is 8.83. The highest BCUT2D eigenvalue weighted by molar-refractivity contribution is 7.21. The summed E-state index contributed by atoms with van der Waals surface area (Å²) in [4.78, 5) is 18.4. The van der Waals surface area contributed by atoms with Crippen molar-refractivity contribution < 1.29 is 0 Å². The standard InChI is InChI=1S/C24H24N6S/c25-22-11-12-26-24(28-22)30(16-6-15-29-13-3-4-14-29)19-8-5-7-18(17-19)23-27-20-9-1-2-10-21(20)31-23/h1-5,7-12,17H,6,13-16H2,(H2,25,26,28). The first kappa shape index (κ1) is 19.7. The van der Waals surface area contributed by atoms with E-state index < -0.39 is 0 Å². The maximum atomic E-state index is 5.96.